The van der Waals surface area contributed by atoms with Crippen molar-refractivity contribution in [3.63, 3.8) is 0 Å². The van der Waals surface area contributed by atoms with Gasteiger partial charge in [0, 0.05) is 44.1 Å². The molecule has 3 aromatic heterocycles. The second kappa shape index (κ2) is 11.2. The summed E-state index contributed by atoms with van der Waals surface area (Å²) in [5.41, 5.74) is 8.96. The number of para-hydroxylation sites is 2. The molecule has 6 aromatic carbocycles. The molecule has 0 saturated heterocycles. The molecule has 0 unspecified atom stereocenters. The largest absolute Gasteiger partial charge is 0.307 e. The highest BCUT2D eigenvalue weighted by Gasteiger charge is 2.21. The van der Waals surface area contributed by atoms with E-state index < -0.39 is 0 Å². The van der Waals surface area contributed by atoms with Crippen molar-refractivity contribution in [3.05, 3.63) is 164 Å². The number of pyridine rings is 1. The smallest absolute Gasteiger partial charge is 0.164 e. The van der Waals surface area contributed by atoms with Gasteiger partial charge in [0.15, 0.2) is 17.5 Å². The molecule has 0 radical (unpaired) electrons. The maximum absolute atomic E-state index is 5.27. The van der Waals surface area contributed by atoms with Crippen molar-refractivity contribution in [1.29, 1.82) is 0 Å². The molecule has 0 fully saturated rings. The highest BCUT2D eigenvalue weighted by molar-refractivity contribution is 6.23. The van der Waals surface area contributed by atoms with E-state index in [4.69, 9.17) is 19.9 Å². The highest BCUT2D eigenvalue weighted by atomic mass is 15.0. The van der Waals surface area contributed by atoms with E-state index in [1.807, 2.05) is 66.7 Å². The topological polar surface area (TPSA) is 56.5 Å². The molecule has 0 bridgehead atoms. The molecule has 5 nitrogen and oxygen atoms in total. The quantitative estimate of drug-likeness (QED) is 0.197. The van der Waals surface area contributed by atoms with E-state index in [2.05, 4.69) is 102 Å². The molecule has 0 aliphatic heterocycles. The van der Waals surface area contributed by atoms with E-state index in [0.29, 0.717) is 17.5 Å². The minimum Gasteiger partial charge on any atom is -0.307 e. The number of aromatic nitrogens is 5. The Labute approximate surface area is 271 Å². The summed E-state index contributed by atoms with van der Waals surface area (Å²) >= 11 is 0. The van der Waals surface area contributed by atoms with Crippen molar-refractivity contribution in [2.24, 2.45) is 0 Å². The monoisotopic (exact) mass is 601 g/mol. The second-order valence-corrected chi connectivity index (χ2v) is 11.5. The van der Waals surface area contributed by atoms with Crippen molar-refractivity contribution >= 4 is 32.7 Å². The first kappa shape index (κ1) is 26.9. The molecule has 0 aliphatic carbocycles. The van der Waals surface area contributed by atoms with Gasteiger partial charge in [-0.3, -0.25) is 0 Å². The summed E-state index contributed by atoms with van der Waals surface area (Å²) in [6, 6.07) is 56.1. The number of rotatable bonds is 5. The summed E-state index contributed by atoms with van der Waals surface area (Å²) in [4.78, 5) is 20.2. The Hall–Kier alpha value is -6.46. The van der Waals surface area contributed by atoms with Crippen LogP contribution < -0.4 is 0 Å². The zero-order valence-electron chi connectivity index (χ0n) is 25.3. The highest BCUT2D eigenvalue weighted by Crippen LogP contribution is 2.41. The molecule has 0 aliphatic rings. The number of fused-ring (bicyclic) bond motifs is 5. The minimum absolute atomic E-state index is 0.618. The van der Waals surface area contributed by atoms with Crippen LogP contribution in [-0.4, -0.2) is 24.5 Å². The normalized spacial score (nSPS) is 11.4. The van der Waals surface area contributed by atoms with E-state index in [-0.39, 0.29) is 0 Å². The molecule has 3 heterocycles. The van der Waals surface area contributed by atoms with E-state index in [1.165, 1.54) is 10.8 Å². The Kier molecular flexibility index (Phi) is 6.39. The Bertz CT molecular complexity index is 2500. The number of nitrogens with zero attached hydrogens (tertiary/aromatic N) is 5. The van der Waals surface area contributed by atoms with E-state index in [1.54, 1.807) is 0 Å². The van der Waals surface area contributed by atoms with Crippen molar-refractivity contribution in [2.75, 3.05) is 0 Å². The summed E-state index contributed by atoms with van der Waals surface area (Å²) in [7, 11) is 0. The first-order valence-electron chi connectivity index (χ1n) is 15.7. The average molecular weight is 602 g/mol. The molecule has 0 saturated carbocycles. The molecular weight excluding hydrogens is 574 g/mol. The summed E-state index contributed by atoms with van der Waals surface area (Å²) in [6.45, 7) is 0. The molecule has 0 atom stereocenters. The van der Waals surface area contributed by atoms with Crippen LogP contribution in [0.5, 0.6) is 0 Å². The predicted molar refractivity (Wildman–Crippen MR) is 191 cm³/mol. The van der Waals surface area contributed by atoms with Crippen LogP contribution in [0.25, 0.3) is 83.8 Å². The van der Waals surface area contributed by atoms with Gasteiger partial charge in [-0.15, -0.1) is 0 Å². The molecule has 0 amide bonds. The summed E-state index contributed by atoms with van der Waals surface area (Å²) in [5, 5.41) is 3.50. The number of benzene rings is 6. The first-order valence-corrected chi connectivity index (χ1v) is 15.7. The van der Waals surface area contributed by atoms with Crippen molar-refractivity contribution < 1.29 is 0 Å². The fraction of sp³-hybridized carbons (Fsp3) is 0. The zero-order valence-corrected chi connectivity index (χ0v) is 25.3. The van der Waals surface area contributed by atoms with Gasteiger partial charge in [-0.25, -0.2) is 19.9 Å². The third-order valence-electron chi connectivity index (χ3n) is 8.61. The van der Waals surface area contributed by atoms with Crippen LogP contribution in [0, 0.1) is 0 Å². The Balaban J connectivity index is 1.32. The van der Waals surface area contributed by atoms with E-state index in [0.717, 1.165) is 55.6 Å². The predicted octanol–water partition coefficient (Wildman–Crippen LogP) is 10.2. The Morgan fingerprint density at radius 3 is 1.55 bits per heavy atom. The summed E-state index contributed by atoms with van der Waals surface area (Å²) in [5.74, 6) is 1.89. The van der Waals surface area contributed by atoms with Crippen molar-refractivity contribution in [3.8, 4) is 51.1 Å². The number of hydrogen-bond acceptors (Lipinski definition) is 4. The summed E-state index contributed by atoms with van der Waals surface area (Å²) < 4.78 is 2.34. The van der Waals surface area contributed by atoms with Crippen LogP contribution in [0.4, 0.5) is 0 Å². The van der Waals surface area contributed by atoms with E-state index in [9.17, 15) is 0 Å². The van der Waals surface area contributed by atoms with Gasteiger partial charge in [0.2, 0.25) is 0 Å². The molecule has 5 heteroatoms. The van der Waals surface area contributed by atoms with Crippen molar-refractivity contribution in [1.82, 2.24) is 24.5 Å². The average Bonchev–Trinajstić information content (AvgIpc) is 3.51. The van der Waals surface area contributed by atoms with Gasteiger partial charge < -0.3 is 4.57 Å². The van der Waals surface area contributed by atoms with Crippen LogP contribution in [-0.2, 0) is 0 Å². The van der Waals surface area contributed by atoms with Gasteiger partial charge in [0.25, 0.3) is 0 Å². The van der Waals surface area contributed by atoms with Gasteiger partial charge in [-0.1, -0.05) is 140 Å². The SMILES string of the molecule is c1ccc(-c2nc(-c3ccccc3)nc(-c3cccc(-n4c5ccccc5c5c6ccccc6nc(-c6ccccc6)c54)c3)n2)cc1. The lowest BCUT2D eigenvalue weighted by atomic mass is 10.0. The fourth-order valence-electron chi connectivity index (χ4n) is 6.48. The lowest BCUT2D eigenvalue weighted by molar-refractivity contribution is 1.07. The molecule has 220 valence electrons. The minimum atomic E-state index is 0.618. The Morgan fingerprint density at radius 2 is 0.894 bits per heavy atom. The Morgan fingerprint density at radius 1 is 0.383 bits per heavy atom. The van der Waals surface area contributed by atoms with Gasteiger partial charge in [0.05, 0.1) is 22.2 Å². The third kappa shape index (κ3) is 4.64. The van der Waals surface area contributed by atoms with Crippen LogP contribution in [0.2, 0.25) is 0 Å². The number of hydrogen-bond donors (Lipinski definition) is 0. The molecular formula is C42H27N5. The second-order valence-electron chi connectivity index (χ2n) is 11.5. The fourth-order valence-corrected chi connectivity index (χ4v) is 6.48. The molecule has 47 heavy (non-hydrogen) atoms. The maximum atomic E-state index is 5.27. The zero-order chi connectivity index (χ0) is 31.2. The molecule has 9 aromatic rings. The molecule has 0 spiro atoms. The first-order chi connectivity index (χ1) is 23.3. The summed E-state index contributed by atoms with van der Waals surface area (Å²) in [6.07, 6.45) is 0. The van der Waals surface area contributed by atoms with Gasteiger partial charge in [-0.05, 0) is 24.3 Å². The van der Waals surface area contributed by atoms with Gasteiger partial charge in [0.1, 0.15) is 0 Å². The van der Waals surface area contributed by atoms with E-state index >= 15 is 0 Å². The lowest BCUT2D eigenvalue weighted by Gasteiger charge is -2.14. The third-order valence-corrected chi connectivity index (χ3v) is 8.61. The molecule has 9 rings (SSSR count). The lowest BCUT2D eigenvalue weighted by Crippen LogP contribution is -2.01. The molecule has 0 N–H and O–H groups in total. The van der Waals surface area contributed by atoms with Gasteiger partial charge in [-0.2, -0.15) is 0 Å². The van der Waals surface area contributed by atoms with Crippen LogP contribution in [0.3, 0.4) is 0 Å². The standard InChI is InChI=1S/C42H27N5/c1-4-15-28(16-5-1)38-39-37(33-23-10-12-25-35(33)43-38)34-24-11-13-26-36(34)47(39)32-22-14-21-31(27-32)42-45-40(29-17-6-2-7-18-29)44-41(46-42)30-19-8-3-9-20-30/h1-27H. The van der Waals surface area contributed by atoms with Crippen molar-refractivity contribution in [2.45, 2.75) is 0 Å². The van der Waals surface area contributed by atoms with Gasteiger partial charge >= 0.3 is 0 Å². The van der Waals surface area contributed by atoms with Crippen LogP contribution >= 0.6 is 0 Å². The van der Waals surface area contributed by atoms with Crippen LogP contribution in [0.15, 0.2) is 164 Å². The van der Waals surface area contributed by atoms with Crippen LogP contribution in [0.1, 0.15) is 0 Å². The maximum Gasteiger partial charge on any atom is 0.164 e.